The van der Waals surface area contributed by atoms with E-state index < -0.39 is 6.10 Å². The molecule has 0 saturated heterocycles. The average molecular weight is 310 g/mol. The van der Waals surface area contributed by atoms with Crippen LogP contribution in [0.2, 0.25) is 5.02 Å². The molecule has 20 heavy (non-hydrogen) atoms. The molecule has 3 nitrogen and oxygen atoms in total. The lowest BCUT2D eigenvalue weighted by Gasteiger charge is -2.13. The van der Waals surface area contributed by atoms with Crippen LogP contribution in [0.3, 0.4) is 0 Å². The molecule has 1 aromatic heterocycles. The lowest BCUT2D eigenvalue weighted by molar-refractivity contribution is 0.174. The Morgan fingerprint density at radius 2 is 2.35 bits per heavy atom. The van der Waals surface area contributed by atoms with E-state index >= 15 is 0 Å². The van der Waals surface area contributed by atoms with Crippen LogP contribution in [0.1, 0.15) is 22.8 Å². The van der Waals surface area contributed by atoms with Gasteiger partial charge in [-0.3, -0.25) is 0 Å². The second-order valence-corrected chi connectivity index (χ2v) is 6.07. The van der Waals surface area contributed by atoms with Crippen molar-refractivity contribution in [2.45, 2.75) is 19.1 Å². The molecular weight excluding hydrogens is 294 g/mol. The van der Waals surface area contributed by atoms with E-state index in [2.05, 4.69) is 5.32 Å². The van der Waals surface area contributed by atoms with Gasteiger partial charge in [0.05, 0.1) is 12.7 Å². The first-order valence-corrected chi connectivity index (χ1v) is 7.91. The number of fused-ring (bicyclic) bond motifs is 1. The predicted octanol–water partition coefficient (Wildman–Crippen LogP) is 3.16. The van der Waals surface area contributed by atoms with Gasteiger partial charge >= 0.3 is 0 Å². The van der Waals surface area contributed by atoms with Crippen LogP contribution in [0.25, 0.3) is 0 Å². The Kier molecular flexibility index (Phi) is 4.27. The van der Waals surface area contributed by atoms with Crippen LogP contribution >= 0.6 is 22.9 Å². The fourth-order valence-corrected chi connectivity index (χ4v) is 3.37. The molecular formula is C15H16ClNO2S. The molecule has 1 unspecified atom stereocenters. The molecule has 5 heteroatoms. The molecule has 1 atom stereocenters. The third-order valence-corrected chi connectivity index (χ3v) is 4.33. The van der Waals surface area contributed by atoms with Crippen molar-refractivity contribution in [2.24, 2.45) is 0 Å². The van der Waals surface area contributed by atoms with Crippen LogP contribution in [-0.2, 0) is 13.0 Å². The Balaban J connectivity index is 1.62. The number of rotatable bonds is 5. The van der Waals surface area contributed by atoms with Gasteiger partial charge in [-0.2, -0.15) is 11.3 Å². The second-order valence-electron chi connectivity index (χ2n) is 4.86. The summed E-state index contributed by atoms with van der Waals surface area (Å²) < 4.78 is 5.65. The van der Waals surface area contributed by atoms with E-state index in [0.717, 1.165) is 34.9 Å². The molecule has 1 aliphatic rings. The highest BCUT2D eigenvalue weighted by molar-refractivity contribution is 7.07. The largest absolute Gasteiger partial charge is 0.493 e. The molecule has 2 heterocycles. The smallest absolute Gasteiger partial charge is 0.127 e. The molecule has 106 valence electrons. The Hall–Kier alpha value is -1.07. The summed E-state index contributed by atoms with van der Waals surface area (Å²) in [7, 11) is 0. The lowest BCUT2D eigenvalue weighted by Crippen LogP contribution is -2.21. The number of nitrogens with one attached hydrogen (secondary N) is 1. The van der Waals surface area contributed by atoms with E-state index in [0.29, 0.717) is 13.1 Å². The summed E-state index contributed by atoms with van der Waals surface area (Å²) in [4.78, 5) is 0. The van der Waals surface area contributed by atoms with E-state index in [-0.39, 0.29) is 0 Å². The van der Waals surface area contributed by atoms with Crippen molar-refractivity contribution in [1.82, 2.24) is 5.32 Å². The summed E-state index contributed by atoms with van der Waals surface area (Å²) in [6, 6.07) is 5.83. The van der Waals surface area contributed by atoms with Gasteiger partial charge in [-0.1, -0.05) is 11.6 Å². The molecule has 0 aliphatic carbocycles. The van der Waals surface area contributed by atoms with Crippen LogP contribution in [0.15, 0.2) is 29.0 Å². The van der Waals surface area contributed by atoms with Crippen LogP contribution in [0.5, 0.6) is 5.75 Å². The van der Waals surface area contributed by atoms with E-state index in [4.69, 9.17) is 16.3 Å². The summed E-state index contributed by atoms with van der Waals surface area (Å²) in [6.45, 7) is 1.88. The van der Waals surface area contributed by atoms with Crippen LogP contribution in [0, 0.1) is 0 Å². The van der Waals surface area contributed by atoms with Gasteiger partial charge in [0.25, 0.3) is 0 Å². The zero-order valence-electron chi connectivity index (χ0n) is 10.9. The summed E-state index contributed by atoms with van der Waals surface area (Å²) in [5.41, 5.74) is 3.19. The fourth-order valence-electron chi connectivity index (χ4n) is 2.40. The molecule has 2 aromatic rings. The minimum Gasteiger partial charge on any atom is -0.493 e. The maximum Gasteiger partial charge on any atom is 0.127 e. The van der Waals surface area contributed by atoms with Gasteiger partial charge < -0.3 is 15.2 Å². The second kappa shape index (κ2) is 6.14. The molecule has 0 amide bonds. The molecule has 0 saturated carbocycles. The molecule has 3 rings (SSSR count). The number of ether oxygens (including phenoxy) is 1. The Morgan fingerprint density at radius 1 is 1.45 bits per heavy atom. The van der Waals surface area contributed by atoms with Crippen molar-refractivity contribution in [3.05, 3.63) is 50.7 Å². The predicted molar refractivity (Wildman–Crippen MR) is 81.6 cm³/mol. The van der Waals surface area contributed by atoms with Crippen molar-refractivity contribution in [2.75, 3.05) is 13.2 Å². The first kappa shape index (κ1) is 13.9. The molecule has 1 aliphatic heterocycles. The normalized spacial score (nSPS) is 14.9. The zero-order chi connectivity index (χ0) is 13.9. The number of aliphatic hydroxyl groups is 1. The number of thiophene rings is 1. The SMILES string of the molecule is OC(CNCc1cc(Cl)cc2c1OCC2)c1ccsc1. The standard InChI is InChI=1S/C15H16ClNO2S/c16-13-5-10-1-3-19-15(10)12(6-13)7-17-8-14(18)11-2-4-20-9-11/h2,4-6,9,14,17-18H,1,3,7-8H2. The average Bonchev–Trinajstić information content (AvgIpc) is 3.09. The van der Waals surface area contributed by atoms with Crippen molar-refractivity contribution in [1.29, 1.82) is 0 Å². The Bertz CT molecular complexity index is 586. The van der Waals surface area contributed by atoms with Crippen LogP contribution < -0.4 is 10.1 Å². The zero-order valence-corrected chi connectivity index (χ0v) is 12.5. The van der Waals surface area contributed by atoms with E-state index in [1.807, 2.05) is 29.0 Å². The quantitative estimate of drug-likeness (QED) is 0.891. The van der Waals surface area contributed by atoms with E-state index in [1.54, 1.807) is 11.3 Å². The molecule has 1 aromatic carbocycles. The highest BCUT2D eigenvalue weighted by atomic mass is 35.5. The molecule has 0 radical (unpaired) electrons. The Labute approximate surface area is 127 Å². The third kappa shape index (κ3) is 2.99. The fraction of sp³-hybridized carbons (Fsp3) is 0.333. The first-order valence-electron chi connectivity index (χ1n) is 6.59. The summed E-state index contributed by atoms with van der Waals surface area (Å²) in [6.07, 6.45) is 0.440. The van der Waals surface area contributed by atoms with Gasteiger partial charge in [0.15, 0.2) is 0 Å². The van der Waals surface area contributed by atoms with Crippen molar-refractivity contribution < 1.29 is 9.84 Å². The van der Waals surface area contributed by atoms with Crippen molar-refractivity contribution in [3.8, 4) is 5.75 Å². The maximum absolute atomic E-state index is 10.0. The minimum atomic E-state index is -0.477. The van der Waals surface area contributed by atoms with Gasteiger partial charge in [0, 0.05) is 30.1 Å². The number of benzene rings is 1. The van der Waals surface area contributed by atoms with Gasteiger partial charge in [-0.25, -0.2) is 0 Å². The molecule has 2 N–H and O–H groups in total. The van der Waals surface area contributed by atoms with Gasteiger partial charge in [-0.15, -0.1) is 0 Å². The third-order valence-electron chi connectivity index (χ3n) is 3.41. The Morgan fingerprint density at radius 3 is 3.15 bits per heavy atom. The van der Waals surface area contributed by atoms with Crippen LogP contribution in [0.4, 0.5) is 0 Å². The molecule has 0 bridgehead atoms. The number of hydrogen-bond donors (Lipinski definition) is 2. The highest BCUT2D eigenvalue weighted by Crippen LogP contribution is 2.32. The summed E-state index contributed by atoms with van der Waals surface area (Å²) >= 11 is 7.71. The first-order chi connectivity index (χ1) is 9.74. The van der Waals surface area contributed by atoms with E-state index in [9.17, 15) is 5.11 Å². The summed E-state index contributed by atoms with van der Waals surface area (Å²) in [5, 5.41) is 18.0. The number of halogens is 1. The molecule has 0 fully saturated rings. The van der Waals surface area contributed by atoms with E-state index in [1.165, 1.54) is 5.56 Å². The topological polar surface area (TPSA) is 41.5 Å². The number of aliphatic hydroxyl groups excluding tert-OH is 1. The van der Waals surface area contributed by atoms with Gasteiger partial charge in [-0.05, 0) is 40.1 Å². The number of hydrogen-bond acceptors (Lipinski definition) is 4. The monoisotopic (exact) mass is 309 g/mol. The van der Waals surface area contributed by atoms with Crippen molar-refractivity contribution in [3.63, 3.8) is 0 Å². The molecule has 0 spiro atoms. The lowest BCUT2D eigenvalue weighted by atomic mass is 10.1. The maximum atomic E-state index is 10.0. The van der Waals surface area contributed by atoms with Gasteiger partial charge in [0.1, 0.15) is 5.75 Å². The highest BCUT2D eigenvalue weighted by Gasteiger charge is 2.17. The van der Waals surface area contributed by atoms with Gasteiger partial charge in [0.2, 0.25) is 0 Å². The van der Waals surface area contributed by atoms with Crippen LogP contribution in [-0.4, -0.2) is 18.3 Å². The summed E-state index contributed by atoms with van der Waals surface area (Å²) in [5.74, 6) is 0.951. The minimum absolute atomic E-state index is 0.477. The van der Waals surface area contributed by atoms with Crippen molar-refractivity contribution >= 4 is 22.9 Å².